The maximum atomic E-state index is 9.97. The minimum absolute atomic E-state index is 0.179. The van der Waals surface area contributed by atoms with E-state index >= 15 is 0 Å². The van der Waals surface area contributed by atoms with Crippen molar-refractivity contribution in [3.05, 3.63) is 0 Å². The predicted molar refractivity (Wildman–Crippen MR) is 131 cm³/mol. The quantitative estimate of drug-likeness (QED) is 0.118. The van der Waals surface area contributed by atoms with E-state index in [9.17, 15) is 4.89 Å². The fourth-order valence-electron chi connectivity index (χ4n) is 4.30. The third-order valence-corrected chi connectivity index (χ3v) is 7.43. The van der Waals surface area contributed by atoms with Gasteiger partial charge in [-0.1, -0.05) is 103 Å². The molecule has 0 radical (unpaired) electrons. The second-order valence-corrected chi connectivity index (χ2v) is 11.0. The Bertz CT molecular complexity index is 371. The molecule has 1 rings (SSSR count). The van der Waals surface area contributed by atoms with Gasteiger partial charge in [-0.05, 0) is 6.42 Å². The molecule has 0 bridgehead atoms. The van der Waals surface area contributed by atoms with Gasteiger partial charge in [0.25, 0.3) is 0 Å². The first-order chi connectivity index (χ1) is 14.5. The number of hydrogen-bond acceptors (Lipinski definition) is 3. The lowest BCUT2D eigenvalue weighted by atomic mass is 10.0. The van der Waals surface area contributed by atoms with E-state index in [1.807, 2.05) is 0 Å². The van der Waals surface area contributed by atoms with E-state index in [1.54, 1.807) is 0 Å². The zero-order valence-electron chi connectivity index (χ0n) is 20.6. The second kappa shape index (κ2) is 18.8. The molecule has 5 heteroatoms. The molecule has 1 heterocycles. The van der Waals surface area contributed by atoms with Crippen molar-refractivity contribution in [2.24, 2.45) is 0 Å². The Labute approximate surface area is 189 Å². The van der Waals surface area contributed by atoms with Crippen LogP contribution >= 0.6 is 8.60 Å². The molecule has 0 saturated carbocycles. The van der Waals surface area contributed by atoms with E-state index in [2.05, 4.69) is 21.0 Å². The van der Waals surface area contributed by atoms with Gasteiger partial charge in [-0.25, -0.2) is 0 Å². The van der Waals surface area contributed by atoms with E-state index in [4.69, 9.17) is 9.05 Å². The molecule has 1 unspecified atom stereocenters. The van der Waals surface area contributed by atoms with Gasteiger partial charge >= 0.3 is 8.60 Å². The smallest absolute Gasteiger partial charge is 0.328 e. The van der Waals surface area contributed by atoms with Gasteiger partial charge in [0, 0.05) is 12.8 Å². The summed E-state index contributed by atoms with van der Waals surface area (Å²) in [5.41, 5.74) is 0. The summed E-state index contributed by atoms with van der Waals surface area (Å²) in [5.74, 6) is 0. The average Bonchev–Trinajstić information content (AvgIpc) is 2.72. The highest BCUT2D eigenvalue weighted by atomic mass is 31.2. The third kappa shape index (κ3) is 16.9. The first-order valence-corrected chi connectivity index (χ1v) is 14.3. The number of likely N-dealkylation sites (tertiary alicyclic amines) is 1. The van der Waals surface area contributed by atoms with Gasteiger partial charge in [-0.15, -0.1) is 0 Å². The normalized spacial score (nSPS) is 18.0. The lowest BCUT2D eigenvalue weighted by Crippen LogP contribution is -2.47. The molecule has 1 fully saturated rings. The molecule has 1 aliphatic rings. The Morgan fingerprint density at radius 2 is 1.10 bits per heavy atom. The summed E-state index contributed by atoms with van der Waals surface area (Å²) in [6, 6.07) is 0. The van der Waals surface area contributed by atoms with Gasteiger partial charge in [0.05, 0.1) is 39.9 Å². The van der Waals surface area contributed by atoms with Gasteiger partial charge in [0.15, 0.2) is 0 Å². The molecule has 0 spiro atoms. The maximum Gasteiger partial charge on any atom is 0.330 e. The third-order valence-electron chi connectivity index (χ3n) is 6.55. The molecule has 180 valence electrons. The molecule has 1 atom stereocenters. The van der Waals surface area contributed by atoms with Crippen LogP contribution in [0.4, 0.5) is 0 Å². The van der Waals surface area contributed by atoms with Crippen LogP contribution in [0.5, 0.6) is 0 Å². The summed E-state index contributed by atoms with van der Waals surface area (Å²) in [4.78, 5) is 9.97. The van der Waals surface area contributed by atoms with Crippen LogP contribution in [0.2, 0.25) is 0 Å². The van der Waals surface area contributed by atoms with Gasteiger partial charge in [0.1, 0.15) is 0 Å². The second-order valence-electron chi connectivity index (χ2n) is 10.1. The summed E-state index contributed by atoms with van der Waals surface area (Å²) in [6.07, 6.45) is 24.2. The fraction of sp³-hybridized carbons (Fsp3) is 1.00. The molecular formula is C25H53NO3P+. The van der Waals surface area contributed by atoms with E-state index in [0.717, 1.165) is 36.8 Å². The average molecular weight is 447 g/mol. The first-order valence-electron chi connectivity index (χ1n) is 13.1. The van der Waals surface area contributed by atoms with Crippen molar-refractivity contribution in [1.82, 2.24) is 0 Å². The van der Waals surface area contributed by atoms with Crippen molar-refractivity contribution >= 4 is 8.60 Å². The van der Waals surface area contributed by atoms with E-state index < -0.39 is 8.60 Å². The molecule has 0 aromatic heterocycles. The number of unbranched alkanes of at least 4 members (excludes halogenated alkanes) is 15. The van der Waals surface area contributed by atoms with Crippen LogP contribution in [-0.2, 0) is 9.05 Å². The summed E-state index contributed by atoms with van der Waals surface area (Å²) < 4.78 is 12.3. The van der Waals surface area contributed by atoms with Crippen LogP contribution in [0.3, 0.4) is 0 Å². The fourth-order valence-corrected chi connectivity index (χ4v) is 5.11. The zero-order valence-corrected chi connectivity index (χ0v) is 21.5. The molecule has 1 aliphatic heterocycles. The van der Waals surface area contributed by atoms with Crippen molar-refractivity contribution < 1.29 is 18.4 Å². The van der Waals surface area contributed by atoms with Crippen molar-refractivity contribution in [2.75, 3.05) is 33.8 Å². The standard InChI is InChI=1S/C25H53NO3P/c1-4-5-6-7-8-9-10-11-12-13-14-15-16-17-18-19-24-28-30(27)29-25-20-22-26(2,3)23-21-25/h25,27H,4-24H2,1-3H3/q+1. The Balaban J connectivity index is 1.75. The van der Waals surface area contributed by atoms with Crippen molar-refractivity contribution in [3.63, 3.8) is 0 Å². The summed E-state index contributed by atoms with van der Waals surface area (Å²) >= 11 is 0. The molecule has 1 saturated heterocycles. The number of hydrogen-bond donors (Lipinski definition) is 1. The minimum atomic E-state index is -1.68. The molecule has 0 aromatic rings. The van der Waals surface area contributed by atoms with E-state index in [-0.39, 0.29) is 6.10 Å². The Kier molecular flexibility index (Phi) is 17.7. The number of quaternary nitrogens is 1. The summed E-state index contributed by atoms with van der Waals surface area (Å²) in [5, 5.41) is 0. The molecule has 0 aromatic carbocycles. The highest BCUT2D eigenvalue weighted by molar-refractivity contribution is 7.40. The van der Waals surface area contributed by atoms with Crippen molar-refractivity contribution in [3.8, 4) is 0 Å². The largest absolute Gasteiger partial charge is 0.330 e. The van der Waals surface area contributed by atoms with Gasteiger partial charge in [-0.2, -0.15) is 0 Å². The highest BCUT2D eigenvalue weighted by Gasteiger charge is 2.28. The topological polar surface area (TPSA) is 38.7 Å². The predicted octanol–water partition coefficient (Wildman–Crippen LogP) is 7.74. The van der Waals surface area contributed by atoms with Gasteiger partial charge < -0.3 is 18.4 Å². The van der Waals surface area contributed by atoms with Crippen molar-refractivity contribution in [1.29, 1.82) is 0 Å². The van der Waals surface area contributed by atoms with Gasteiger partial charge in [0.2, 0.25) is 0 Å². The Hall–Kier alpha value is 0.270. The monoisotopic (exact) mass is 446 g/mol. The SMILES string of the molecule is CCCCCCCCCCCCCCCCCCOP(O)OC1CC[N+](C)(C)CC1. The van der Waals surface area contributed by atoms with Crippen LogP contribution in [0.25, 0.3) is 0 Å². The number of piperidine rings is 1. The van der Waals surface area contributed by atoms with Crippen LogP contribution < -0.4 is 0 Å². The number of rotatable bonds is 20. The first kappa shape index (κ1) is 28.3. The van der Waals surface area contributed by atoms with E-state index in [0.29, 0.717) is 6.61 Å². The van der Waals surface area contributed by atoms with Crippen LogP contribution in [-0.4, -0.2) is 49.3 Å². The summed E-state index contributed by atoms with van der Waals surface area (Å²) in [6.45, 7) is 5.16. The lowest BCUT2D eigenvalue weighted by Gasteiger charge is -2.37. The minimum Gasteiger partial charge on any atom is -0.328 e. The molecule has 0 amide bonds. The summed E-state index contributed by atoms with van der Waals surface area (Å²) in [7, 11) is 2.83. The lowest BCUT2D eigenvalue weighted by molar-refractivity contribution is -0.896. The van der Waals surface area contributed by atoms with Crippen LogP contribution in [0.1, 0.15) is 122 Å². The van der Waals surface area contributed by atoms with Crippen molar-refractivity contribution in [2.45, 2.75) is 129 Å². The highest BCUT2D eigenvalue weighted by Crippen LogP contribution is 2.37. The molecule has 1 N–H and O–H groups in total. The van der Waals surface area contributed by atoms with E-state index in [1.165, 1.54) is 96.3 Å². The molecule has 0 aliphatic carbocycles. The zero-order chi connectivity index (χ0) is 21.9. The number of nitrogens with zero attached hydrogens (tertiary/aromatic N) is 1. The molecule has 30 heavy (non-hydrogen) atoms. The Morgan fingerprint density at radius 3 is 1.53 bits per heavy atom. The van der Waals surface area contributed by atoms with Gasteiger partial charge in [-0.3, -0.25) is 0 Å². The molecular weight excluding hydrogens is 393 g/mol. The Morgan fingerprint density at radius 1 is 0.700 bits per heavy atom. The maximum absolute atomic E-state index is 9.97. The van der Waals surface area contributed by atoms with Crippen LogP contribution in [0, 0.1) is 0 Å². The molecule has 4 nitrogen and oxygen atoms in total. The van der Waals surface area contributed by atoms with Crippen LogP contribution in [0.15, 0.2) is 0 Å².